The quantitative estimate of drug-likeness (QED) is 0.459. The smallest absolute Gasteiger partial charge is 0.272 e. The minimum absolute atomic E-state index is 0.160. The molecular weight excluding hydrogens is 302 g/mol. The molecule has 6 nitrogen and oxygen atoms in total. The molecule has 0 unspecified atom stereocenters. The Hall–Kier alpha value is -2.60. The van der Waals surface area contributed by atoms with Crippen LogP contribution in [0.3, 0.4) is 0 Å². The molecule has 2 rings (SSSR count). The first kappa shape index (κ1) is 17.7. The molecule has 0 saturated heterocycles. The number of aromatic nitrogens is 2. The highest BCUT2D eigenvalue weighted by Gasteiger charge is 2.04. The molecule has 0 radical (unpaired) electrons. The first-order valence-electron chi connectivity index (χ1n) is 8.14. The number of anilines is 1. The Labute approximate surface area is 142 Å². The van der Waals surface area contributed by atoms with E-state index in [2.05, 4.69) is 32.3 Å². The van der Waals surface area contributed by atoms with Gasteiger partial charge in [0.1, 0.15) is 0 Å². The Kier molecular flexibility index (Phi) is 7.04. The second kappa shape index (κ2) is 9.52. The monoisotopic (exact) mass is 327 g/mol. The van der Waals surface area contributed by atoms with Crippen molar-refractivity contribution in [1.82, 2.24) is 20.4 Å². The Bertz CT molecular complexity index is 738. The van der Waals surface area contributed by atoms with Gasteiger partial charge in [-0.05, 0) is 31.3 Å². The molecule has 0 amide bonds. The van der Waals surface area contributed by atoms with Crippen molar-refractivity contribution in [3.05, 3.63) is 59.6 Å². The fourth-order valence-corrected chi connectivity index (χ4v) is 2.33. The fraction of sp³-hybridized carbons (Fsp3) is 0.333. The van der Waals surface area contributed by atoms with Crippen LogP contribution in [0.5, 0.6) is 0 Å². The van der Waals surface area contributed by atoms with E-state index in [1.807, 2.05) is 37.5 Å². The SMILES string of the molecule is C=C/C=C\N(C)CCNCCCNc1n[nH]c(=O)c2ccccc12. The minimum atomic E-state index is -0.160. The van der Waals surface area contributed by atoms with Crippen LogP contribution < -0.4 is 16.2 Å². The highest BCUT2D eigenvalue weighted by Crippen LogP contribution is 2.16. The molecule has 0 saturated carbocycles. The number of allylic oxidation sites excluding steroid dienone is 2. The molecule has 6 heteroatoms. The molecule has 2 aromatic rings. The third-order valence-electron chi connectivity index (χ3n) is 3.64. The lowest BCUT2D eigenvalue weighted by Crippen LogP contribution is -2.27. The number of H-pyrrole nitrogens is 1. The van der Waals surface area contributed by atoms with E-state index in [9.17, 15) is 4.79 Å². The molecule has 1 heterocycles. The third-order valence-corrected chi connectivity index (χ3v) is 3.64. The van der Waals surface area contributed by atoms with Crippen LogP contribution in [0, 0.1) is 0 Å². The molecule has 0 aliphatic heterocycles. The van der Waals surface area contributed by atoms with Gasteiger partial charge in [-0.2, -0.15) is 5.10 Å². The summed E-state index contributed by atoms with van der Waals surface area (Å²) in [6.07, 6.45) is 6.67. The zero-order valence-corrected chi connectivity index (χ0v) is 14.1. The predicted octanol–water partition coefficient (Wildman–Crippen LogP) is 1.95. The molecule has 3 N–H and O–H groups in total. The van der Waals surface area contributed by atoms with E-state index < -0.39 is 0 Å². The Morgan fingerprint density at radius 3 is 2.83 bits per heavy atom. The van der Waals surface area contributed by atoms with Crippen LogP contribution >= 0.6 is 0 Å². The van der Waals surface area contributed by atoms with Gasteiger partial charge in [0.05, 0.1) is 5.39 Å². The maximum Gasteiger partial charge on any atom is 0.272 e. The van der Waals surface area contributed by atoms with Crippen molar-refractivity contribution in [1.29, 1.82) is 0 Å². The van der Waals surface area contributed by atoms with Crippen LogP contribution in [0.1, 0.15) is 6.42 Å². The van der Waals surface area contributed by atoms with E-state index in [4.69, 9.17) is 0 Å². The molecule has 0 spiro atoms. The number of nitrogens with zero attached hydrogens (tertiary/aromatic N) is 2. The number of rotatable bonds is 10. The number of likely N-dealkylation sites (N-methyl/N-ethyl adjacent to an activating group) is 1. The summed E-state index contributed by atoms with van der Waals surface area (Å²) in [5, 5.41) is 14.8. The highest BCUT2D eigenvalue weighted by molar-refractivity contribution is 5.90. The van der Waals surface area contributed by atoms with Crippen molar-refractivity contribution in [3.63, 3.8) is 0 Å². The van der Waals surface area contributed by atoms with E-state index in [-0.39, 0.29) is 5.56 Å². The van der Waals surface area contributed by atoms with Crippen molar-refractivity contribution in [2.75, 3.05) is 38.5 Å². The molecule has 0 bridgehead atoms. The second-order valence-electron chi connectivity index (χ2n) is 5.54. The Morgan fingerprint density at radius 2 is 2.04 bits per heavy atom. The van der Waals surface area contributed by atoms with Gasteiger partial charge in [0.2, 0.25) is 0 Å². The van der Waals surface area contributed by atoms with Gasteiger partial charge in [-0.25, -0.2) is 5.10 Å². The summed E-state index contributed by atoms with van der Waals surface area (Å²) in [7, 11) is 2.04. The van der Waals surface area contributed by atoms with E-state index in [1.54, 1.807) is 12.1 Å². The molecule has 24 heavy (non-hydrogen) atoms. The minimum Gasteiger partial charge on any atom is -0.379 e. The van der Waals surface area contributed by atoms with E-state index in [0.717, 1.165) is 43.8 Å². The fourth-order valence-electron chi connectivity index (χ4n) is 2.33. The van der Waals surface area contributed by atoms with Crippen LogP contribution in [0.25, 0.3) is 10.8 Å². The zero-order chi connectivity index (χ0) is 17.2. The summed E-state index contributed by atoms with van der Waals surface area (Å²) >= 11 is 0. The lowest BCUT2D eigenvalue weighted by Gasteiger charge is -2.14. The third kappa shape index (κ3) is 5.24. The summed E-state index contributed by atoms with van der Waals surface area (Å²) in [6, 6.07) is 7.48. The van der Waals surface area contributed by atoms with E-state index in [0.29, 0.717) is 5.39 Å². The Morgan fingerprint density at radius 1 is 1.25 bits per heavy atom. The van der Waals surface area contributed by atoms with Gasteiger partial charge < -0.3 is 15.5 Å². The van der Waals surface area contributed by atoms with Gasteiger partial charge in [-0.3, -0.25) is 4.79 Å². The lowest BCUT2D eigenvalue weighted by atomic mass is 10.2. The van der Waals surface area contributed by atoms with E-state index >= 15 is 0 Å². The van der Waals surface area contributed by atoms with Crippen molar-refractivity contribution in [2.24, 2.45) is 0 Å². The number of hydrogen-bond donors (Lipinski definition) is 3. The standard InChI is InChI=1S/C18H25N5O/c1-3-4-13-23(2)14-12-19-10-7-11-20-17-15-8-5-6-9-16(15)18(24)22-21-17/h3-6,8-9,13,19H,1,7,10-12,14H2,2H3,(H,20,21)(H,22,24)/b13-4-. The number of aromatic amines is 1. The summed E-state index contributed by atoms with van der Waals surface area (Å²) in [5.41, 5.74) is -0.160. The average Bonchev–Trinajstić information content (AvgIpc) is 2.61. The number of hydrogen-bond acceptors (Lipinski definition) is 5. The van der Waals surface area contributed by atoms with Crippen molar-refractivity contribution in [2.45, 2.75) is 6.42 Å². The number of nitrogens with one attached hydrogen (secondary N) is 3. The highest BCUT2D eigenvalue weighted by atomic mass is 16.1. The van der Waals surface area contributed by atoms with Crippen LogP contribution in [-0.2, 0) is 0 Å². The van der Waals surface area contributed by atoms with Crippen molar-refractivity contribution >= 4 is 16.6 Å². The maximum absolute atomic E-state index is 11.7. The van der Waals surface area contributed by atoms with Crippen LogP contribution in [0.2, 0.25) is 0 Å². The normalized spacial score (nSPS) is 11.0. The van der Waals surface area contributed by atoms with Gasteiger partial charge in [-0.15, -0.1) is 0 Å². The van der Waals surface area contributed by atoms with Crippen LogP contribution in [0.15, 0.2) is 54.0 Å². The average molecular weight is 327 g/mol. The number of benzene rings is 1. The molecular formula is C18H25N5O. The molecule has 0 atom stereocenters. The second-order valence-corrected chi connectivity index (χ2v) is 5.54. The van der Waals surface area contributed by atoms with Crippen molar-refractivity contribution < 1.29 is 0 Å². The van der Waals surface area contributed by atoms with Gasteiger partial charge in [0.25, 0.3) is 5.56 Å². The first-order chi connectivity index (χ1) is 11.7. The summed E-state index contributed by atoms with van der Waals surface area (Å²) in [4.78, 5) is 13.8. The van der Waals surface area contributed by atoms with Crippen LogP contribution in [0.4, 0.5) is 5.82 Å². The molecule has 128 valence electrons. The van der Waals surface area contributed by atoms with Crippen molar-refractivity contribution in [3.8, 4) is 0 Å². The van der Waals surface area contributed by atoms with Crippen LogP contribution in [-0.4, -0.2) is 48.3 Å². The molecule has 0 aliphatic carbocycles. The molecule has 1 aromatic carbocycles. The molecule has 1 aromatic heterocycles. The maximum atomic E-state index is 11.7. The lowest BCUT2D eigenvalue weighted by molar-refractivity contribution is 0.441. The summed E-state index contributed by atoms with van der Waals surface area (Å²) in [6.45, 7) is 7.25. The molecule has 0 fully saturated rings. The molecule has 0 aliphatic rings. The van der Waals surface area contributed by atoms with Gasteiger partial charge in [0, 0.05) is 32.1 Å². The largest absolute Gasteiger partial charge is 0.379 e. The summed E-state index contributed by atoms with van der Waals surface area (Å²) in [5.74, 6) is 0.722. The van der Waals surface area contributed by atoms with Gasteiger partial charge in [-0.1, -0.05) is 30.9 Å². The first-order valence-corrected chi connectivity index (χ1v) is 8.14. The number of fused-ring (bicyclic) bond motifs is 1. The Balaban J connectivity index is 1.70. The summed E-state index contributed by atoms with van der Waals surface area (Å²) < 4.78 is 0. The van der Waals surface area contributed by atoms with Gasteiger partial charge >= 0.3 is 0 Å². The topological polar surface area (TPSA) is 73.0 Å². The zero-order valence-electron chi connectivity index (χ0n) is 14.1. The van der Waals surface area contributed by atoms with E-state index in [1.165, 1.54) is 0 Å². The predicted molar refractivity (Wildman–Crippen MR) is 100 cm³/mol. The van der Waals surface area contributed by atoms with Gasteiger partial charge in [0.15, 0.2) is 5.82 Å².